The highest BCUT2D eigenvalue weighted by atomic mass is 16.8. The molecule has 82 heavy (non-hydrogen) atoms. The van der Waals surface area contributed by atoms with Crippen LogP contribution < -0.4 is 9.47 Å². The Kier molecular flexibility index (Phi) is 23.9. The molecular weight excluding hydrogens is 1110 g/mol. The molecule has 6 rings (SSSR count). The van der Waals surface area contributed by atoms with Gasteiger partial charge in [0.25, 0.3) is 0 Å². The van der Waals surface area contributed by atoms with E-state index in [-0.39, 0.29) is 46.3 Å². The number of carbonyl (C=O) groups is 4. The third kappa shape index (κ3) is 15.6. The van der Waals surface area contributed by atoms with Crippen LogP contribution in [-0.2, 0) is 66.5 Å². The van der Waals surface area contributed by atoms with Crippen LogP contribution in [0.25, 0.3) is 23.3 Å². The molecule has 4 aliphatic heterocycles. The summed E-state index contributed by atoms with van der Waals surface area (Å²) in [5.41, 5.74) is 0.180. The zero-order chi connectivity index (χ0) is 60.3. The van der Waals surface area contributed by atoms with Gasteiger partial charge in [0, 0.05) is 23.3 Å². The van der Waals surface area contributed by atoms with Crippen molar-refractivity contribution in [1.29, 1.82) is 0 Å². The minimum atomic E-state index is -1.97. The molecule has 4 heterocycles. The van der Waals surface area contributed by atoms with Crippen molar-refractivity contribution in [3.8, 4) is 34.1 Å². The summed E-state index contributed by atoms with van der Waals surface area (Å²) in [7, 11) is 2.43. The molecule has 2 aromatic rings. The maximum atomic E-state index is 13.0. The summed E-state index contributed by atoms with van der Waals surface area (Å²) in [6, 6.07) is 5.27. The molecule has 0 amide bonds. The van der Waals surface area contributed by atoms with Gasteiger partial charge in [-0.25, -0.2) is 9.59 Å². The molecule has 22 atom stereocenters. The van der Waals surface area contributed by atoms with Crippen LogP contribution in [0, 0.1) is 0 Å². The van der Waals surface area contributed by atoms with Crippen molar-refractivity contribution in [3.63, 3.8) is 0 Å². The first-order valence-electron chi connectivity index (χ1n) is 25.0. The van der Waals surface area contributed by atoms with Crippen molar-refractivity contribution in [2.75, 3.05) is 53.9 Å². The van der Waals surface area contributed by atoms with Crippen molar-refractivity contribution in [3.05, 3.63) is 47.5 Å². The number of benzene rings is 2. The molecule has 0 bridgehead atoms. The van der Waals surface area contributed by atoms with Crippen molar-refractivity contribution >= 4 is 36.7 Å². The number of aromatic hydroxyl groups is 2. The van der Waals surface area contributed by atoms with Crippen LogP contribution in [0.4, 0.5) is 0 Å². The van der Waals surface area contributed by atoms with E-state index < -0.39 is 198 Å². The molecule has 458 valence electrons. The molecule has 4 saturated heterocycles. The summed E-state index contributed by atoms with van der Waals surface area (Å²) in [5, 5.41) is 167. The molecular formula is C50H66O32. The fourth-order valence-electron chi connectivity index (χ4n) is 8.69. The number of aldehydes is 2. The molecule has 0 aliphatic carbocycles. The van der Waals surface area contributed by atoms with E-state index in [1.54, 1.807) is 0 Å². The number of aliphatic hydroxyl groups excluding tert-OH is 14. The van der Waals surface area contributed by atoms with Gasteiger partial charge in [0.1, 0.15) is 123 Å². The molecule has 4 fully saturated rings. The van der Waals surface area contributed by atoms with Crippen LogP contribution in [0.1, 0.15) is 11.1 Å². The summed E-state index contributed by atoms with van der Waals surface area (Å²) < 4.78 is 64.4. The Morgan fingerprint density at radius 2 is 0.927 bits per heavy atom. The van der Waals surface area contributed by atoms with Gasteiger partial charge >= 0.3 is 11.9 Å². The average molecular weight is 1180 g/mol. The highest BCUT2D eigenvalue weighted by molar-refractivity contribution is 5.90. The first-order valence-corrected chi connectivity index (χ1v) is 25.0. The summed E-state index contributed by atoms with van der Waals surface area (Å²) in [6.07, 6.45) is -34.1. The lowest BCUT2D eigenvalue weighted by Crippen LogP contribution is -2.58. The molecule has 16 N–H and O–H groups in total. The highest BCUT2D eigenvalue weighted by Gasteiger charge is 2.51. The normalized spacial score (nSPS) is 32.6. The topological polar surface area (TPSA) is 503 Å². The molecule has 0 radical (unpaired) electrons. The Morgan fingerprint density at radius 3 is 1.26 bits per heavy atom. The Morgan fingerprint density at radius 1 is 0.561 bits per heavy atom. The lowest BCUT2D eigenvalue weighted by atomic mass is 9.97. The van der Waals surface area contributed by atoms with Crippen LogP contribution in [0.5, 0.6) is 23.0 Å². The predicted octanol–water partition coefficient (Wildman–Crippen LogP) is -7.69. The summed E-state index contributed by atoms with van der Waals surface area (Å²) in [6.45, 7) is -4.38. The number of hydrogen-bond donors (Lipinski definition) is 16. The Hall–Kier alpha value is -5.48. The number of phenols is 2. The van der Waals surface area contributed by atoms with Gasteiger partial charge in [0.05, 0.1) is 40.6 Å². The molecule has 0 spiro atoms. The van der Waals surface area contributed by atoms with E-state index in [1.807, 2.05) is 0 Å². The molecule has 22 unspecified atom stereocenters. The van der Waals surface area contributed by atoms with Crippen molar-refractivity contribution in [2.24, 2.45) is 0 Å². The fourth-order valence-corrected chi connectivity index (χ4v) is 8.69. The number of rotatable bonds is 27. The van der Waals surface area contributed by atoms with Gasteiger partial charge in [0.15, 0.2) is 60.7 Å². The smallest absolute Gasteiger partial charge is 0.330 e. The standard InChI is InChI=1S/C50H66O32/c1-71-27-9-19(3-5-33(59)73-17-31-39(65)41(67)49(79-31)81-45-25(57)15-75-47(43(45)69)77-29(13-53)37(63)23(55)11-51)7-21(35(27)61)22-8-20(10-28(72-2)36(22)62)4-6-34(60)74-18-32-40(66)42(68)50(80-32)82-46-26(58)16-76-48(44(46)70)78-30(14-54)38(64)24(56)12-52/h3-12,23-26,29-32,37-50,53-58,61-70H,13-18H2,1-2H3/b5-3+,6-4+. The number of carbonyl (C=O) groups excluding carboxylic acids is 4. The fraction of sp³-hybridized carbons (Fsp3) is 0.600. The van der Waals surface area contributed by atoms with Gasteiger partial charge in [-0.15, -0.1) is 0 Å². The monoisotopic (exact) mass is 1180 g/mol. The van der Waals surface area contributed by atoms with E-state index in [0.29, 0.717) is 0 Å². The number of methoxy groups -OCH3 is 2. The van der Waals surface area contributed by atoms with Crippen LogP contribution >= 0.6 is 0 Å². The van der Waals surface area contributed by atoms with Gasteiger partial charge in [-0.3, -0.25) is 0 Å². The van der Waals surface area contributed by atoms with E-state index in [2.05, 4.69) is 0 Å². The highest BCUT2D eigenvalue weighted by Crippen LogP contribution is 2.46. The zero-order valence-electron chi connectivity index (χ0n) is 43.4. The Labute approximate surface area is 464 Å². The van der Waals surface area contributed by atoms with E-state index in [4.69, 9.17) is 56.8 Å². The number of ether oxygens (including phenoxy) is 12. The third-order valence-electron chi connectivity index (χ3n) is 13.3. The van der Waals surface area contributed by atoms with Crippen molar-refractivity contribution in [2.45, 2.75) is 135 Å². The lowest BCUT2D eigenvalue weighted by Gasteiger charge is -2.40. The Balaban J connectivity index is 1.05. The van der Waals surface area contributed by atoms with Crippen LogP contribution in [0.3, 0.4) is 0 Å². The van der Waals surface area contributed by atoms with Crippen molar-refractivity contribution < 1.29 is 158 Å². The van der Waals surface area contributed by atoms with Gasteiger partial charge in [-0.1, -0.05) is 0 Å². The second kappa shape index (κ2) is 29.9. The first-order chi connectivity index (χ1) is 39.0. The SMILES string of the molecule is COc1cc(/C=C/C(=O)OCC2OC(OC3C(O)COC(OC(CO)C(O)C(O)C=O)C3O)C(O)C2O)cc(-c2cc(/C=C/C(=O)OCC3OC(OC4C(O)COC(OC(CO)C(O)C(O)C=O)C4O)C(O)C3O)cc(OC)c2O)c1O. The van der Waals surface area contributed by atoms with E-state index in [1.165, 1.54) is 50.6 Å². The lowest BCUT2D eigenvalue weighted by molar-refractivity contribution is -0.322. The van der Waals surface area contributed by atoms with Gasteiger partial charge < -0.3 is 148 Å². The predicted molar refractivity (Wildman–Crippen MR) is 263 cm³/mol. The molecule has 0 aromatic heterocycles. The number of hydrogen-bond acceptors (Lipinski definition) is 32. The van der Waals surface area contributed by atoms with Gasteiger partial charge in [-0.05, 0) is 47.5 Å². The minimum absolute atomic E-state index is 0.0182. The average Bonchev–Trinajstić information content (AvgIpc) is 3.78. The largest absolute Gasteiger partial charge is 0.504 e. The van der Waals surface area contributed by atoms with Gasteiger partial charge in [0.2, 0.25) is 0 Å². The minimum Gasteiger partial charge on any atom is -0.504 e. The summed E-state index contributed by atoms with van der Waals surface area (Å²) in [5.74, 6) is -3.34. The zero-order valence-corrected chi connectivity index (χ0v) is 43.4. The van der Waals surface area contributed by atoms with E-state index in [9.17, 15) is 101 Å². The second-order valence-corrected chi connectivity index (χ2v) is 18.9. The number of aliphatic hydroxyl groups is 14. The Bertz CT molecular complexity index is 2330. The quantitative estimate of drug-likeness (QED) is 0.0224. The maximum Gasteiger partial charge on any atom is 0.330 e. The summed E-state index contributed by atoms with van der Waals surface area (Å²) in [4.78, 5) is 47.7. The maximum absolute atomic E-state index is 13.0. The molecule has 4 aliphatic rings. The second-order valence-electron chi connectivity index (χ2n) is 18.9. The molecule has 32 nitrogen and oxygen atoms in total. The van der Waals surface area contributed by atoms with Gasteiger partial charge in [-0.2, -0.15) is 0 Å². The van der Waals surface area contributed by atoms with E-state index in [0.717, 1.165) is 12.2 Å². The number of phenolic OH excluding ortho intramolecular Hbond substituents is 2. The third-order valence-corrected chi connectivity index (χ3v) is 13.3. The molecule has 32 heteroatoms. The number of esters is 2. The van der Waals surface area contributed by atoms with Crippen LogP contribution in [-0.4, -0.2) is 295 Å². The molecule has 2 aromatic carbocycles. The van der Waals surface area contributed by atoms with E-state index >= 15 is 0 Å². The van der Waals surface area contributed by atoms with Crippen LogP contribution in [0.15, 0.2) is 36.4 Å². The first kappa shape index (κ1) is 65.7. The summed E-state index contributed by atoms with van der Waals surface area (Å²) >= 11 is 0. The van der Waals surface area contributed by atoms with Crippen molar-refractivity contribution in [1.82, 2.24) is 0 Å². The molecule has 0 saturated carbocycles. The van der Waals surface area contributed by atoms with Crippen LogP contribution in [0.2, 0.25) is 0 Å².